The minimum absolute atomic E-state index is 0.0260. The summed E-state index contributed by atoms with van der Waals surface area (Å²) in [6.07, 6.45) is 3.74. The van der Waals surface area contributed by atoms with E-state index in [0.717, 1.165) is 38.6 Å². The molecule has 1 aromatic carbocycles. The lowest BCUT2D eigenvalue weighted by molar-refractivity contribution is -0.138. The Balaban J connectivity index is 1.97. The summed E-state index contributed by atoms with van der Waals surface area (Å²) < 4.78 is 12.5. The van der Waals surface area contributed by atoms with Gasteiger partial charge in [0.05, 0.1) is 16.8 Å². The number of allylic oxidation sites excluding steroid dienone is 2. The van der Waals surface area contributed by atoms with Gasteiger partial charge in [0.25, 0.3) is 11.1 Å². The van der Waals surface area contributed by atoms with E-state index in [1.54, 1.807) is 42.3 Å². The van der Waals surface area contributed by atoms with Crippen molar-refractivity contribution in [2.75, 3.05) is 19.0 Å². The van der Waals surface area contributed by atoms with E-state index < -0.39 is 53.5 Å². The fraction of sp³-hybridized carbons (Fsp3) is 0.207. The van der Waals surface area contributed by atoms with Gasteiger partial charge in [-0.15, -0.1) is 22.7 Å². The van der Waals surface area contributed by atoms with Gasteiger partial charge in [0.15, 0.2) is 17.2 Å². The SMILES string of the molecule is CC(=O)N(C)C(O/C=c1/s/c(=c2/sc(=CC=C3Oc4ccc(CO)cc4N3C)c(=O)n2CC(=O)O)c(=O)n1CC(=O)O)=C(C#N)C#N. The van der Waals surface area contributed by atoms with Crippen LogP contribution in [0.25, 0.3) is 12.3 Å². The third kappa shape index (κ3) is 6.99. The lowest BCUT2D eigenvalue weighted by atomic mass is 10.2. The number of carbonyl (C=O) groups is 3. The molecule has 3 aromatic rings. The lowest BCUT2D eigenvalue weighted by Gasteiger charge is -2.17. The summed E-state index contributed by atoms with van der Waals surface area (Å²) in [7, 11) is 2.93. The van der Waals surface area contributed by atoms with Gasteiger partial charge in [0.2, 0.25) is 11.8 Å². The number of nitrogens with zero attached hydrogens (tertiary/aromatic N) is 6. The summed E-state index contributed by atoms with van der Waals surface area (Å²) in [6, 6.07) is 8.28. The Morgan fingerprint density at radius 3 is 2.30 bits per heavy atom. The highest BCUT2D eigenvalue weighted by Gasteiger charge is 2.23. The molecular weight excluding hydrogens is 656 g/mol. The number of aliphatic hydroxyl groups excluding tert-OH is 1. The number of carboxylic acid groups (broad SMARTS) is 2. The van der Waals surface area contributed by atoms with Crippen LogP contribution in [0, 0.1) is 31.9 Å². The van der Waals surface area contributed by atoms with Gasteiger partial charge >= 0.3 is 11.9 Å². The molecule has 1 amide bonds. The van der Waals surface area contributed by atoms with E-state index in [-0.39, 0.29) is 25.0 Å². The predicted octanol–water partition coefficient (Wildman–Crippen LogP) is -0.276. The fourth-order valence-electron chi connectivity index (χ4n) is 4.19. The van der Waals surface area contributed by atoms with E-state index >= 15 is 0 Å². The number of aliphatic hydroxyl groups is 1. The molecule has 0 bridgehead atoms. The molecular formula is C29H24N6O10S2. The zero-order valence-corrected chi connectivity index (χ0v) is 26.4. The minimum Gasteiger partial charge on any atom is -0.480 e. The Kier molecular flexibility index (Phi) is 10.1. The molecule has 0 atom stereocenters. The monoisotopic (exact) mass is 680 g/mol. The molecule has 0 spiro atoms. The summed E-state index contributed by atoms with van der Waals surface area (Å²) in [4.78, 5) is 64.8. The number of fused-ring (bicyclic) bond motifs is 1. The zero-order valence-electron chi connectivity index (χ0n) is 24.8. The van der Waals surface area contributed by atoms with Crippen molar-refractivity contribution in [2.24, 2.45) is 0 Å². The van der Waals surface area contributed by atoms with E-state index in [0.29, 0.717) is 34.2 Å². The first-order valence-electron chi connectivity index (χ1n) is 13.2. The average Bonchev–Trinajstić information content (AvgIpc) is 3.62. The number of hydrogen-bond donors (Lipinski definition) is 3. The van der Waals surface area contributed by atoms with E-state index in [2.05, 4.69) is 0 Å². The number of thiazole rings is 2. The lowest BCUT2D eigenvalue weighted by Crippen LogP contribution is -2.31. The van der Waals surface area contributed by atoms with Crippen LogP contribution in [0.4, 0.5) is 5.69 Å². The Morgan fingerprint density at radius 2 is 1.70 bits per heavy atom. The van der Waals surface area contributed by atoms with Gasteiger partial charge in [-0.05, 0) is 23.8 Å². The third-order valence-electron chi connectivity index (χ3n) is 6.58. The highest BCUT2D eigenvalue weighted by atomic mass is 32.1. The highest BCUT2D eigenvalue weighted by Crippen LogP contribution is 2.38. The molecule has 18 heteroatoms. The van der Waals surface area contributed by atoms with Gasteiger partial charge in [-0.2, -0.15) is 10.5 Å². The molecule has 0 unspecified atom stereocenters. The first-order valence-corrected chi connectivity index (χ1v) is 14.8. The van der Waals surface area contributed by atoms with Crippen molar-refractivity contribution in [3.8, 4) is 17.9 Å². The van der Waals surface area contributed by atoms with Crippen LogP contribution in [-0.4, -0.2) is 61.3 Å². The summed E-state index contributed by atoms with van der Waals surface area (Å²) in [6.45, 7) is -0.719. The van der Waals surface area contributed by atoms with Gasteiger partial charge in [0.1, 0.15) is 45.3 Å². The molecule has 47 heavy (non-hydrogen) atoms. The van der Waals surface area contributed by atoms with Gasteiger partial charge in [0, 0.05) is 27.1 Å². The first kappa shape index (κ1) is 33.9. The molecule has 0 radical (unpaired) electrons. The molecule has 242 valence electrons. The number of hydrogen-bond acceptors (Lipinski definition) is 13. The molecule has 3 N–H and O–H groups in total. The number of aromatic nitrogens is 2. The van der Waals surface area contributed by atoms with Crippen LogP contribution in [-0.2, 0) is 38.8 Å². The van der Waals surface area contributed by atoms with Crippen LogP contribution >= 0.6 is 22.7 Å². The zero-order chi connectivity index (χ0) is 34.6. The standard InChI is InChI=1S/C29H24N6O10S2/c1-15(37)32(2)28(17(9-30)10-31)44-14-22-34(11-23(38)39)27(43)25(47-22)29-35(12-24(40)41)26(42)20(46-29)6-7-21-33(3)18-8-16(13-36)4-5-19(18)45-21/h4-8,14,36H,11-13H2,1-3H3,(H,38,39)(H,40,41)/b20-6?,21-7?,22-14+,29-25+. The van der Waals surface area contributed by atoms with Crippen LogP contribution in [0.15, 0.2) is 51.2 Å². The topological polar surface area (TPSA) is 228 Å². The van der Waals surface area contributed by atoms with Gasteiger partial charge < -0.3 is 29.7 Å². The molecule has 1 aliphatic rings. The van der Waals surface area contributed by atoms with Crippen molar-refractivity contribution in [3.63, 3.8) is 0 Å². The van der Waals surface area contributed by atoms with Gasteiger partial charge in [-0.25, -0.2) is 0 Å². The summed E-state index contributed by atoms with van der Waals surface area (Å²) in [5, 5.41) is 47.1. The molecule has 2 aromatic heterocycles. The third-order valence-corrected chi connectivity index (χ3v) is 8.95. The van der Waals surface area contributed by atoms with Crippen LogP contribution in [0.5, 0.6) is 5.75 Å². The van der Waals surface area contributed by atoms with Crippen molar-refractivity contribution in [1.29, 1.82) is 10.5 Å². The minimum atomic E-state index is -1.42. The van der Waals surface area contributed by atoms with Crippen molar-refractivity contribution in [3.05, 3.63) is 86.3 Å². The number of benzene rings is 1. The quantitative estimate of drug-likeness (QED) is 0.195. The number of amides is 1. The van der Waals surface area contributed by atoms with Crippen LogP contribution in [0.3, 0.4) is 0 Å². The number of ether oxygens (including phenoxy) is 2. The van der Waals surface area contributed by atoms with E-state index in [4.69, 9.17) is 9.47 Å². The van der Waals surface area contributed by atoms with Crippen LogP contribution < -0.4 is 30.0 Å². The number of anilines is 1. The number of carbonyl (C=O) groups excluding carboxylic acids is 1. The molecule has 0 aliphatic carbocycles. The average molecular weight is 681 g/mol. The summed E-state index contributed by atoms with van der Waals surface area (Å²) in [5.74, 6) is -3.06. The number of rotatable bonds is 9. The predicted molar refractivity (Wildman–Crippen MR) is 166 cm³/mol. The van der Waals surface area contributed by atoms with Crippen molar-refractivity contribution in [2.45, 2.75) is 26.6 Å². The number of aliphatic carboxylic acids is 2. The highest BCUT2D eigenvalue weighted by molar-refractivity contribution is 7.11. The largest absolute Gasteiger partial charge is 0.480 e. The maximum atomic E-state index is 13.5. The normalized spacial score (nSPS) is 14.3. The second kappa shape index (κ2) is 14.0. The van der Waals surface area contributed by atoms with Crippen molar-refractivity contribution >= 4 is 58.5 Å². The van der Waals surface area contributed by atoms with Gasteiger partial charge in [-0.3, -0.25) is 38.0 Å². The fourth-order valence-corrected chi connectivity index (χ4v) is 6.38. The Hall–Kier alpha value is -5.95. The van der Waals surface area contributed by atoms with Crippen molar-refractivity contribution in [1.82, 2.24) is 14.0 Å². The van der Waals surface area contributed by atoms with E-state index in [1.165, 1.54) is 19.2 Å². The van der Waals surface area contributed by atoms with Crippen LogP contribution in [0.1, 0.15) is 12.5 Å². The maximum Gasteiger partial charge on any atom is 0.323 e. The van der Waals surface area contributed by atoms with E-state index in [1.807, 2.05) is 0 Å². The Labute approximate surface area is 271 Å². The molecule has 16 nitrogen and oxygen atoms in total. The molecule has 0 fully saturated rings. The second-order valence-corrected chi connectivity index (χ2v) is 11.7. The maximum absolute atomic E-state index is 13.5. The Bertz CT molecular complexity index is 2280. The Morgan fingerprint density at radius 1 is 1.04 bits per heavy atom. The number of carboxylic acids is 2. The molecule has 4 rings (SSSR count). The van der Waals surface area contributed by atoms with Crippen molar-refractivity contribution < 1.29 is 39.2 Å². The molecule has 0 saturated carbocycles. The summed E-state index contributed by atoms with van der Waals surface area (Å²) >= 11 is 1.44. The smallest absolute Gasteiger partial charge is 0.323 e. The second-order valence-electron chi connectivity index (χ2n) is 9.62. The summed E-state index contributed by atoms with van der Waals surface area (Å²) in [5.41, 5.74) is -0.897. The molecule has 0 saturated heterocycles. The number of nitriles is 2. The molecule has 3 heterocycles. The van der Waals surface area contributed by atoms with Crippen LogP contribution in [0.2, 0.25) is 0 Å². The molecule has 1 aliphatic heterocycles. The van der Waals surface area contributed by atoms with E-state index in [9.17, 15) is 49.8 Å². The van der Waals surface area contributed by atoms with Gasteiger partial charge in [-0.1, -0.05) is 6.07 Å². The first-order chi connectivity index (χ1) is 22.3.